The van der Waals surface area contributed by atoms with Gasteiger partial charge in [0.25, 0.3) is 0 Å². The number of ether oxygens (including phenoxy) is 2. The minimum atomic E-state index is -0.840. The molecule has 0 saturated carbocycles. The number of nitrogens with one attached hydrogen (secondary N) is 2. The number of benzene rings is 2. The Kier molecular flexibility index (Phi) is 12.6. The molecule has 3 amide bonds. The molecule has 9 heteroatoms. The summed E-state index contributed by atoms with van der Waals surface area (Å²) >= 11 is 0. The second-order valence-corrected chi connectivity index (χ2v) is 13.0. The standard InChI is InChI=1S/C35H52N4O5/c1-9-10-16-30(37-34(42)44-35(6,7)8)33(41)39-21-19-26-23-28(43-27-14-12-11-13-15-27)17-18-29(26)31(39)32(40)36-20-22-38(24(2)3)25(4)5/h11-15,17-18,23-25,30-31H,9-10,16,19-22H2,1-8H3,(H,36,40)(H,37,42). The minimum Gasteiger partial charge on any atom is -0.457 e. The third-order valence-corrected chi connectivity index (χ3v) is 7.68. The maximum atomic E-state index is 14.1. The first-order valence-electron chi connectivity index (χ1n) is 16.0. The smallest absolute Gasteiger partial charge is 0.408 e. The number of alkyl carbamates (subject to hydrolysis) is 1. The van der Waals surface area contributed by atoms with Crippen LogP contribution in [-0.2, 0) is 20.7 Å². The van der Waals surface area contributed by atoms with Crippen molar-refractivity contribution >= 4 is 17.9 Å². The summed E-state index contributed by atoms with van der Waals surface area (Å²) in [5.74, 6) is 0.868. The first kappa shape index (κ1) is 34.9. The van der Waals surface area contributed by atoms with Crippen molar-refractivity contribution in [3.8, 4) is 11.5 Å². The summed E-state index contributed by atoms with van der Waals surface area (Å²) in [6, 6.07) is 14.2. The Morgan fingerprint density at radius 3 is 2.30 bits per heavy atom. The Bertz CT molecular complexity index is 1230. The summed E-state index contributed by atoms with van der Waals surface area (Å²) in [5.41, 5.74) is 1.02. The Balaban J connectivity index is 1.90. The van der Waals surface area contributed by atoms with Crippen LogP contribution < -0.4 is 15.4 Å². The number of para-hydroxylation sites is 1. The van der Waals surface area contributed by atoms with Crippen molar-refractivity contribution in [1.82, 2.24) is 20.4 Å². The summed E-state index contributed by atoms with van der Waals surface area (Å²) in [4.78, 5) is 44.8. The van der Waals surface area contributed by atoms with E-state index in [0.29, 0.717) is 50.3 Å². The molecule has 9 nitrogen and oxygen atoms in total. The summed E-state index contributed by atoms with van der Waals surface area (Å²) in [6.07, 6.45) is 1.97. The number of rotatable bonds is 13. The zero-order valence-corrected chi connectivity index (χ0v) is 27.8. The van der Waals surface area contributed by atoms with Crippen LogP contribution in [-0.4, -0.2) is 71.1 Å². The molecule has 2 aromatic carbocycles. The average Bonchev–Trinajstić information content (AvgIpc) is 2.95. The largest absolute Gasteiger partial charge is 0.457 e. The highest BCUT2D eigenvalue weighted by Gasteiger charge is 2.39. The molecule has 2 unspecified atom stereocenters. The molecule has 1 aliphatic rings. The molecule has 2 N–H and O–H groups in total. The number of amides is 3. The highest BCUT2D eigenvalue weighted by molar-refractivity contribution is 5.92. The highest BCUT2D eigenvalue weighted by atomic mass is 16.6. The third kappa shape index (κ3) is 9.97. The van der Waals surface area contributed by atoms with Crippen molar-refractivity contribution < 1.29 is 23.9 Å². The lowest BCUT2D eigenvalue weighted by atomic mass is 9.90. The number of unbranched alkanes of at least 4 members (excludes halogenated alkanes) is 1. The topological polar surface area (TPSA) is 100 Å². The molecular formula is C35H52N4O5. The van der Waals surface area contributed by atoms with Crippen molar-refractivity contribution in [3.63, 3.8) is 0 Å². The fraction of sp³-hybridized carbons (Fsp3) is 0.571. The van der Waals surface area contributed by atoms with Gasteiger partial charge in [-0.3, -0.25) is 14.5 Å². The van der Waals surface area contributed by atoms with E-state index in [1.807, 2.05) is 55.5 Å². The van der Waals surface area contributed by atoms with Crippen LogP contribution >= 0.6 is 0 Å². The van der Waals surface area contributed by atoms with E-state index >= 15 is 0 Å². The molecule has 2 atom stereocenters. The number of carbonyl (C=O) groups is 3. The van der Waals surface area contributed by atoms with E-state index in [-0.39, 0.29) is 11.8 Å². The number of nitrogens with zero attached hydrogens (tertiary/aromatic N) is 2. The molecule has 0 radical (unpaired) electrons. The molecule has 0 saturated heterocycles. The highest BCUT2D eigenvalue weighted by Crippen LogP contribution is 2.34. The van der Waals surface area contributed by atoms with Crippen LogP contribution in [0.25, 0.3) is 0 Å². The van der Waals surface area contributed by atoms with Gasteiger partial charge in [0.2, 0.25) is 11.8 Å². The van der Waals surface area contributed by atoms with E-state index < -0.39 is 23.8 Å². The zero-order chi connectivity index (χ0) is 32.4. The van der Waals surface area contributed by atoms with Crippen molar-refractivity contribution in [3.05, 3.63) is 59.7 Å². The maximum absolute atomic E-state index is 14.1. The molecule has 0 bridgehead atoms. The molecule has 0 spiro atoms. The van der Waals surface area contributed by atoms with Crippen LogP contribution in [0.3, 0.4) is 0 Å². The van der Waals surface area contributed by atoms with Gasteiger partial charge in [0.1, 0.15) is 29.2 Å². The van der Waals surface area contributed by atoms with E-state index in [0.717, 1.165) is 29.7 Å². The van der Waals surface area contributed by atoms with Gasteiger partial charge in [0.05, 0.1) is 0 Å². The average molecular weight is 609 g/mol. The second kappa shape index (κ2) is 15.9. The SMILES string of the molecule is CCCCC(NC(=O)OC(C)(C)C)C(=O)N1CCc2cc(Oc3ccccc3)ccc2C1C(=O)NCCN(C(C)C)C(C)C. The molecule has 2 aromatic rings. The van der Waals surface area contributed by atoms with Gasteiger partial charge in [0, 0.05) is 31.7 Å². The predicted molar refractivity (Wildman–Crippen MR) is 174 cm³/mol. The Labute approximate surface area is 263 Å². The van der Waals surface area contributed by atoms with Crippen LogP contribution in [0.15, 0.2) is 48.5 Å². The van der Waals surface area contributed by atoms with Crippen molar-refractivity contribution in [2.75, 3.05) is 19.6 Å². The Morgan fingerprint density at radius 2 is 1.68 bits per heavy atom. The molecule has 3 rings (SSSR count). The normalized spacial score (nSPS) is 15.6. The molecular weight excluding hydrogens is 556 g/mol. The molecule has 1 aliphatic heterocycles. The summed E-state index contributed by atoms with van der Waals surface area (Å²) in [6.45, 7) is 17.4. The van der Waals surface area contributed by atoms with Gasteiger partial charge in [-0.2, -0.15) is 0 Å². The lowest BCUT2D eigenvalue weighted by molar-refractivity contribution is -0.143. The quantitative estimate of drug-likeness (QED) is 0.280. The Morgan fingerprint density at radius 1 is 1.00 bits per heavy atom. The van der Waals surface area contributed by atoms with Gasteiger partial charge in [-0.15, -0.1) is 0 Å². The first-order valence-corrected chi connectivity index (χ1v) is 16.0. The van der Waals surface area contributed by atoms with Gasteiger partial charge in [-0.1, -0.05) is 44.0 Å². The molecule has 242 valence electrons. The van der Waals surface area contributed by atoms with Crippen molar-refractivity contribution in [2.45, 2.75) is 111 Å². The van der Waals surface area contributed by atoms with E-state index in [9.17, 15) is 14.4 Å². The number of hydrogen-bond acceptors (Lipinski definition) is 6. The van der Waals surface area contributed by atoms with Gasteiger partial charge < -0.3 is 25.0 Å². The Hall–Kier alpha value is -3.59. The summed E-state index contributed by atoms with van der Waals surface area (Å²) in [7, 11) is 0. The first-order chi connectivity index (χ1) is 20.8. The van der Waals surface area contributed by atoms with Crippen LogP contribution in [0.1, 0.15) is 91.8 Å². The fourth-order valence-electron chi connectivity index (χ4n) is 5.64. The van der Waals surface area contributed by atoms with Gasteiger partial charge in [-0.25, -0.2) is 4.79 Å². The predicted octanol–water partition coefficient (Wildman–Crippen LogP) is 6.22. The van der Waals surface area contributed by atoms with E-state index in [1.165, 1.54) is 0 Å². The minimum absolute atomic E-state index is 0.241. The lowest BCUT2D eigenvalue weighted by Gasteiger charge is -2.39. The molecule has 0 fully saturated rings. The van der Waals surface area contributed by atoms with Crippen molar-refractivity contribution in [2.24, 2.45) is 0 Å². The van der Waals surface area contributed by atoms with Crippen LogP contribution in [0, 0.1) is 0 Å². The monoisotopic (exact) mass is 608 g/mol. The number of hydrogen-bond donors (Lipinski definition) is 2. The number of fused-ring (bicyclic) bond motifs is 1. The maximum Gasteiger partial charge on any atom is 0.408 e. The van der Waals surface area contributed by atoms with Gasteiger partial charge in [-0.05, 0) is 96.7 Å². The summed E-state index contributed by atoms with van der Waals surface area (Å²) in [5, 5.41) is 5.91. The lowest BCUT2D eigenvalue weighted by Crippen LogP contribution is -2.55. The van der Waals surface area contributed by atoms with Crippen LogP contribution in [0.2, 0.25) is 0 Å². The number of carbonyl (C=O) groups excluding carboxylic acids is 3. The van der Waals surface area contributed by atoms with Crippen LogP contribution in [0.5, 0.6) is 11.5 Å². The van der Waals surface area contributed by atoms with Gasteiger partial charge >= 0.3 is 6.09 Å². The molecule has 0 aliphatic carbocycles. The fourth-order valence-corrected chi connectivity index (χ4v) is 5.64. The zero-order valence-electron chi connectivity index (χ0n) is 27.8. The second-order valence-electron chi connectivity index (χ2n) is 13.0. The van der Waals surface area contributed by atoms with Gasteiger partial charge in [0.15, 0.2) is 0 Å². The van der Waals surface area contributed by atoms with Crippen LogP contribution in [0.4, 0.5) is 4.79 Å². The molecule has 44 heavy (non-hydrogen) atoms. The van der Waals surface area contributed by atoms with E-state index in [2.05, 4.69) is 43.2 Å². The molecule has 1 heterocycles. The van der Waals surface area contributed by atoms with Crippen molar-refractivity contribution in [1.29, 1.82) is 0 Å². The summed E-state index contributed by atoms with van der Waals surface area (Å²) < 4.78 is 11.5. The molecule has 0 aromatic heterocycles. The van der Waals surface area contributed by atoms with E-state index in [4.69, 9.17) is 9.47 Å². The third-order valence-electron chi connectivity index (χ3n) is 7.68. The van der Waals surface area contributed by atoms with E-state index in [1.54, 1.807) is 25.7 Å².